The van der Waals surface area contributed by atoms with Crippen LogP contribution < -0.4 is 5.32 Å². The summed E-state index contributed by atoms with van der Waals surface area (Å²) in [6, 6.07) is 6.28. The van der Waals surface area contributed by atoms with Crippen LogP contribution in [0.15, 0.2) is 24.3 Å². The lowest BCUT2D eigenvalue weighted by Gasteiger charge is -2.09. The maximum atomic E-state index is 10.5. The van der Waals surface area contributed by atoms with E-state index in [0.717, 1.165) is 5.69 Å². The molecule has 0 aliphatic heterocycles. The molecule has 0 saturated heterocycles. The molecule has 1 atom stereocenters. The number of alkyl halides is 1. The van der Waals surface area contributed by atoms with E-state index >= 15 is 0 Å². The molecule has 0 bridgehead atoms. The SMILES string of the molecule is O=C(O)c1ccc(NCC(O)CCl)cc1. The Kier molecular flexibility index (Phi) is 4.39. The molecule has 0 aliphatic rings. The van der Waals surface area contributed by atoms with Gasteiger partial charge in [-0.15, -0.1) is 11.6 Å². The lowest BCUT2D eigenvalue weighted by Crippen LogP contribution is -2.20. The van der Waals surface area contributed by atoms with Gasteiger partial charge in [-0.25, -0.2) is 4.79 Å². The average Bonchev–Trinajstić information content (AvgIpc) is 2.26. The van der Waals surface area contributed by atoms with Gasteiger partial charge in [0.05, 0.1) is 17.5 Å². The molecule has 1 rings (SSSR count). The summed E-state index contributed by atoms with van der Waals surface area (Å²) in [5.41, 5.74) is 0.989. The summed E-state index contributed by atoms with van der Waals surface area (Å²) in [5, 5.41) is 20.8. The molecule has 0 saturated carbocycles. The van der Waals surface area contributed by atoms with E-state index in [1.165, 1.54) is 12.1 Å². The Morgan fingerprint density at radius 2 is 2.00 bits per heavy atom. The summed E-state index contributed by atoms with van der Waals surface area (Å²) >= 11 is 5.42. The van der Waals surface area contributed by atoms with E-state index in [0.29, 0.717) is 6.54 Å². The highest BCUT2D eigenvalue weighted by Crippen LogP contribution is 2.09. The van der Waals surface area contributed by atoms with Crippen LogP contribution in [-0.2, 0) is 0 Å². The molecule has 4 nitrogen and oxygen atoms in total. The zero-order valence-electron chi connectivity index (χ0n) is 7.98. The predicted octanol–water partition coefficient (Wildman–Crippen LogP) is 1.40. The summed E-state index contributed by atoms with van der Waals surface area (Å²) in [6.07, 6.45) is -0.606. The van der Waals surface area contributed by atoms with Gasteiger partial charge in [-0.2, -0.15) is 0 Å². The van der Waals surface area contributed by atoms with Gasteiger partial charge in [0.25, 0.3) is 0 Å². The first-order chi connectivity index (χ1) is 7.13. The molecule has 0 spiro atoms. The lowest BCUT2D eigenvalue weighted by molar-refractivity contribution is 0.0697. The van der Waals surface area contributed by atoms with Crippen LogP contribution in [0.4, 0.5) is 5.69 Å². The van der Waals surface area contributed by atoms with Gasteiger partial charge in [-0.3, -0.25) is 0 Å². The van der Waals surface area contributed by atoms with Gasteiger partial charge in [0.2, 0.25) is 0 Å². The fourth-order valence-corrected chi connectivity index (χ4v) is 1.13. The van der Waals surface area contributed by atoms with E-state index in [1.54, 1.807) is 12.1 Å². The number of aliphatic hydroxyl groups is 1. The third-order valence-electron chi connectivity index (χ3n) is 1.85. The van der Waals surface area contributed by atoms with Crippen LogP contribution in [0, 0.1) is 0 Å². The molecule has 1 aromatic carbocycles. The van der Waals surface area contributed by atoms with E-state index in [2.05, 4.69) is 5.32 Å². The normalized spacial score (nSPS) is 12.1. The van der Waals surface area contributed by atoms with Crippen LogP contribution in [-0.4, -0.2) is 34.7 Å². The highest BCUT2D eigenvalue weighted by atomic mass is 35.5. The molecule has 82 valence electrons. The number of aliphatic hydroxyl groups excluding tert-OH is 1. The van der Waals surface area contributed by atoms with Gasteiger partial charge < -0.3 is 15.5 Å². The summed E-state index contributed by atoms with van der Waals surface area (Å²) in [7, 11) is 0. The van der Waals surface area contributed by atoms with E-state index < -0.39 is 12.1 Å². The van der Waals surface area contributed by atoms with E-state index in [9.17, 15) is 9.90 Å². The van der Waals surface area contributed by atoms with Gasteiger partial charge >= 0.3 is 5.97 Å². The van der Waals surface area contributed by atoms with Crippen molar-refractivity contribution >= 4 is 23.3 Å². The summed E-state index contributed by atoms with van der Waals surface area (Å²) in [4.78, 5) is 10.5. The maximum Gasteiger partial charge on any atom is 0.335 e. The number of nitrogens with one attached hydrogen (secondary N) is 1. The number of benzene rings is 1. The maximum absolute atomic E-state index is 10.5. The Hall–Kier alpha value is -1.26. The predicted molar refractivity (Wildman–Crippen MR) is 58.6 cm³/mol. The summed E-state index contributed by atoms with van der Waals surface area (Å²) < 4.78 is 0. The molecule has 1 aromatic rings. The Morgan fingerprint density at radius 3 is 2.47 bits per heavy atom. The fraction of sp³-hybridized carbons (Fsp3) is 0.300. The van der Waals surface area contributed by atoms with Gasteiger partial charge in [-0.05, 0) is 24.3 Å². The first kappa shape index (κ1) is 11.8. The third kappa shape index (κ3) is 3.77. The van der Waals surface area contributed by atoms with Crippen molar-refractivity contribution in [1.29, 1.82) is 0 Å². The number of carboxylic acid groups (broad SMARTS) is 1. The van der Waals surface area contributed by atoms with Crippen LogP contribution in [0.25, 0.3) is 0 Å². The second kappa shape index (κ2) is 5.58. The minimum absolute atomic E-state index is 0.167. The molecular weight excluding hydrogens is 218 g/mol. The minimum atomic E-state index is -0.956. The van der Waals surface area contributed by atoms with Crippen molar-refractivity contribution in [3.63, 3.8) is 0 Å². The monoisotopic (exact) mass is 229 g/mol. The van der Waals surface area contributed by atoms with E-state index in [1.807, 2.05) is 0 Å². The molecule has 0 amide bonds. The molecule has 0 aromatic heterocycles. The van der Waals surface area contributed by atoms with Crippen LogP contribution in [0.2, 0.25) is 0 Å². The molecule has 0 fully saturated rings. The second-order valence-corrected chi connectivity index (χ2v) is 3.38. The third-order valence-corrected chi connectivity index (χ3v) is 2.21. The van der Waals surface area contributed by atoms with Crippen molar-refractivity contribution in [2.24, 2.45) is 0 Å². The first-order valence-corrected chi connectivity index (χ1v) is 4.98. The fourth-order valence-electron chi connectivity index (χ4n) is 1.02. The topological polar surface area (TPSA) is 69.6 Å². The molecule has 5 heteroatoms. The van der Waals surface area contributed by atoms with Crippen molar-refractivity contribution in [2.45, 2.75) is 6.10 Å². The Balaban J connectivity index is 2.53. The van der Waals surface area contributed by atoms with Gasteiger partial charge in [0.1, 0.15) is 0 Å². The summed E-state index contributed by atoms with van der Waals surface area (Å²) in [6.45, 7) is 0.343. The van der Waals surface area contributed by atoms with Gasteiger partial charge in [0, 0.05) is 12.2 Å². The van der Waals surface area contributed by atoms with Crippen molar-refractivity contribution in [3.8, 4) is 0 Å². The van der Waals surface area contributed by atoms with Crippen molar-refractivity contribution in [2.75, 3.05) is 17.7 Å². The number of carbonyl (C=O) groups is 1. The van der Waals surface area contributed by atoms with E-state index in [-0.39, 0.29) is 11.4 Å². The molecule has 0 radical (unpaired) electrons. The van der Waals surface area contributed by atoms with E-state index in [4.69, 9.17) is 16.7 Å². The Bertz CT molecular complexity index is 326. The molecule has 0 heterocycles. The minimum Gasteiger partial charge on any atom is -0.478 e. The number of hydrogen-bond donors (Lipinski definition) is 3. The standard InChI is InChI=1S/C10H12ClNO3/c11-5-9(13)6-12-8-3-1-7(2-4-8)10(14)15/h1-4,9,12-13H,5-6H2,(H,14,15). The largest absolute Gasteiger partial charge is 0.478 e. The van der Waals surface area contributed by atoms with Gasteiger partial charge in [-0.1, -0.05) is 0 Å². The number of anilines is 1. The van der Waals surface area contributed by atoms with Crippen LogP contribution >= 0.6 is 11.6 Å². The molecule has 1 unspecified atom stereocenters. The van der Waals surface area contributed by atoms with Crippen molar-refractivity contribution in [3.05, 3.63) is 29.8 Å². The first-order valence-electron chi connectivity index (χ1n) is 4.44. The number of halogens is 1. The smallest absolute Gasteiger partial charge is 0.335 e. The number of carboxylic acids is 1. The highest BCUT2D eigenvalue weighted by Gasteiger charge is 2.03. The second-order valence-electron chi connectivity index (χ2n) is 3.07. The highest BCUT2D eigenvalue weighted by molar-refractivity contribution is 6.18. The number of rotatable bonds is 5. The molecule has 3 N–H and O–H groups in total. The Labute approximate surface area is 92.5 Å². The molecule has 0 aliphatic carbocycles. The number of aromatic carboxylic acids is 1. The zero-order valence-corrected chi connectivity index (χ0v) is 8.74. The number of hydrogen-bond acceptors (Lipinski definition) is 3. The van der Waals surface area contributed by atoms with Crippen molar-refractivity contribution in [1.82, 2.24) is 0 Å². The van der Waals surface area contributed by atoms with Gasteiger partial charge in [0.15, 0.2) is 0 Å². The summed E-state index contributed by atoms with van der Waals surface area (Å²) in [5.74, 6) is -0.789. The molecule has 15 heavy (non-hydrogen) atoms. The van der Waals surface area contributed by atoms with Crippen molar-refractivity contribution < 1.29 is 15.0 Å². The van der Waals surface area contributed by atoms with Crippen LogP contribution in [0.5, 0.6) is 0 Å². The van der Waals surface area contributed by atoms with Crippen LogP contribution in [0.3, 0.4) is 0 Å². The average molecular weight is 230 g/mol. The lowest BCUT2D eigenvalue weighted by atomic mass is 10.2. The molecular formula is C10H12ClNO3. The zero-order chi connectivity index (χ0) is 11.3. The quantitative estimate of drug-likeness (QED) is 0.668. The van der Waals surface area contributed by atoms with Crippen LogP contribution in [0.1, 0.15) is 10.4 Å². The Morgan fingerprint density at radius 1 is 1.40 bits per heavy atom.